The quantitative estimate of drug-likeness (QED) is 0.718. The highest BCUT2D eigenvalue weighted by atomic mass is 32.1. The Balaban J connectivity index is 1.33. The average Bonchev–Trinajstić information content (AvgIpc) is 3.29. The van der Waals surface area contributed by atoms with Gasteiger partial charge >= 0.3 is 6.03 Å². The Hall–Kier alpha value is -1.07. The standard InChI is InChI=1S/C19H31N3OS/c1-16-7-2-4-12-21(16)13-5-3-11-20-19(23)22(17-9-10-17)15-18-8-6-14-24-18/h6,8,14,16-17H,2-5,7,9-13,15H2,1H3,(H,20,23). The van der Waals surface area contributed by atoms with E-state index in [0.717, 1.165) is 38.4 Å². The summed E-state index contributed by atoms with van der Waals surface area (Å²) in [7, 11) is 0. The van der Waals surface area contributed by atoms with E-state index in [9.17, 15) is 4.79 Å². The van der Waals surface area contributed by atoms with Gasteiger partial charge in [-0.05, 0) is 70.0 Å². The summed E-state index contributed by atoms with van der Waals surface area (Å²) in [5.41, 5.74) is 0. The lowest BCUT2D eigenvalue weighted by Gasteiger charge is -2.33. The average molecular weight is 350 g/mol. The van der Waals surface area contributed by atoms with Crippen molar-refractivity contribution in [2.24, 2.45) is 0 Å². The van der Waals surface area contributed by atoms with Crippen LogP contribution in [0.25, 0.3) is 0 Å². The highest BCUT2D eigenvalue weighted by molar-refractivity contribution is 7.09. The van der Waals surface area contributed by atoms with Crippen LogP contribution in [0.5, 0.6) is 0 Å². The molecule has 1 saturated heterocycles. The Labute approximate surface area is 150 Å². The number of piperidine rings is 1. The molecule has 2 aliphatic rings. The number of unbranched alkanes of at least 4 members (excludes halogenated alkanes) is 1. The van der Waals surface area contributed by atoms with E-state index in [-0.39, 0.29) is 6.03 Å². The third-order valence-corrected chi connectivity index (χ3v) is 6.10. The molecule has 2 heterocycles. The number of urea groups is 1. The number of hydrogen-bond acceptors (Lipinski definition) is 3. The Bertz CT molecular complexity index is 501. The second kappa shape index (κ2) is 8.86. The molecule has 4 nitrogen and oxygen atoms in total. The number of carbonyl (C=O) groups excluding carboxylic acids is 1. The van der Waals surface area contributed by atoms with Crippen molar-refractivity contribution in [3.8, 4) is 0 Å². The molecule has 24 heavy (non-hydrogen) atoms. The Morgan fingerprint density at radius 1 is 1.33 bits per heavy atom. The van der Waals surface area contributed by atoms with E-state index >= 15 is 0 Å². The molecule has 1 atom stereocenters. The first-order chi connectivity index (χ1) is 11.7. The topological polar surface area (TPSA) is 35.6 Å². The van der Waals surface area contributed by atoms with E-state index in [1.165, 1.54) is 43.6 Å². The summed E-state index contributed by atoms with van der Waals surface area (Å²) in [6, 6.07) is 5.50. The monoisotopic (exact) mass is 349 g/mol. The molecule has 134 valence electrons. The predicted molar refractivity (Wildman–Crippen MR) is 100 cm³/mol. The van der Waals surface area contributed by atoms with E-state index in [0.29, 0.717) is 6.04 Å². The number of hydrogen-bond donors (Lipinski definition) is 1. The van der Waals surface area contributed by atoms with Crippen molar-refractivity contribution in [1.29, 1.82) is 0 Å². The number of likely N-dealkylation sites (tertiary alicyclic amines) is 1. The highest BCUT2D eigenvalue weighted by Gasteiger charge is 2.32. The van der Waals surface area contributed by atoms with Crippen LogP contribution in [0.1, 0.15) is 56.7 Å². The minimum absolute atomic E-state index is 0.122. The molecule has 1 aliphatic heterocycles. The van der Waals surface area contributed by atoms with Gasteiger partial charge in [0.05, 0.1) is 6.54 Å². The number of nitrogens with zero attached hydrogens (tertiary/aromatic N) is 2. The van der Waals surface area contributed by atoms with Gasteiger partial charge in [-0.2, -0.15) is 0 Å². The lowest BCUT2D eigenvalue weighted by molar-refractivity contribution is 0.157. The molecular weight excluding hydrogens is 318 g/mol. The van der Waals surface area contributed by atoms with Crippen LogP contribution in [0.4, 0.5) is 4.79 Å². The Morgan fingerprint density at radius 2 is 2.21 bits per heavy atom. The lowest BCUT2D eigenvalue weighted by atomic mass is 10.0. The molecule has 1 aromatic rings. The molecule has 1 aromatic heterocycles. The summed E-state index contributed by atoms with van der Waals surface area (Å²) < 4.78 is 0. The fourth-order valence-electron chi connectivity index (χ4n) is 3.55. The maximum Gasteiger partial charge on any atom is 0.317 e. The molecule has 0 bridgehead atoms. The summed E-state index contributed by atoms with van der Waals surface area (Å²) in [5, 5.41) is 5.22. The molecule has 0 spiro atoms. The molecule has 0 radical (unpaired) electrons. The van der Waals surface area contributed by atoms with Gasteiger partial charge < -0.3 is 15.1 Å². The van der Waals surface area contributed by atoms with Crippen LogP contribution < -0.4 is 5.32 Å². The molecule has 3 rings (SSSR count). The summed E-state index contributed by atoms with van der Waals surface area (Å²) in [6.45, 7) is 6.34. The van der Waals surface area contributed by atoms with Gasteiger partial charge in [-0.1, -0.05) is 12.5 Å². The van der Waals surface area contributed by atoms with Gasteiger partial charge in [-0.25, -0.2) is 4.79 Å². The zero-order valence-electron chi connectivity index (χ0n) is 14.9. The minimum atomic E-state index is 0.122. The predicted octanol–water partition coefficient (Wildman–Crippen LogP) is 4.08. The second-order valence-corrected chi connectivity index (χ2v) is 8.29. The van der Waals surface area contributed by atoms with E-state index in [4.69, 9.17) is 0 Å². The van der Waals surface area contributed by atoms with Gasteiger partial charge in [-0.3, -0.25) is 0 Å². The Kier molecular flexibility index (Phi) is 6.55. The van der Waals surface area contributed by atoms with Crippen molar-refractivity contribution in [1.82, 2.24) is 15.1 Å². The number of nitrogens with one attached hydrogen (secondary N) is 1. The van der Waals surface area contributed by atoms with Crippen molar-refractivity contribution >= 4 is 17.4 Å². The first kappa shape index (κ1) is 17.7. The molecule has 1 N–H and O–H groups in total. The third-order valence-electron chi connectivity index (χ3n) is 5.24. The van der Waals surface area contributed by atoms with Crippen molar-refractivity contribution in [2.45, 2.75) is 70.5 Å². The smallest absolute Gasteiger partial charge is 0.317 e. The lowest BCUT2D eigenvalue weighted by Crippen LogP contribution is -2.41. The third kappa shape index (κ3) is 5.21. The molecule has 1 aliphatic carbocycles. The molecule has 1 saturated carbocycles. The largest absolute Gasteiger partial charge is 0.338 e. The first-order valence-electron chi connectivity index (χ1n) is 9.55. The number of amides is 2. The maximum absolute atomic E-state index is 12.5. The fraction of sp³-hybridized carbons (Fsp3) is 0.737. The number of carbonyl (C=O) groups is 1. The van der Waals surface area contributed by atoms with Crippen LogP contribution in [0.2, 0.25) is 0 Å². The van der Waals surface area contributed by atoms with Gasteiger partial charge in [0.1, 0.15) is 0 Å². The van der Waals surface area contributed by atoms with Gasteiger partial charge in [0.15, 0.2) is 0 Å². The van der Waals surface area contributed by atoms with Gasteiger partial charge in [0, 0.05) is 23.5 Å². The first-order valence-corrected chi connectivity index (χ1v) is 10.4. The normalized spacial score (nSPS) is 21.6. The van der Waals surface area contributed by atoms with E-state index in [1.807, 2.05) is 4.90 Å². The van der Waals surface area contributed by atoms with Gasteiger partial charge in [-0.15, -0.1) is 11.3 Å². The zero-order chi connectivity index (χ0) is 16.8. The molecular formula is C19H31N3OS. The van der Waals surface area contributed by atoms with E-state index in [1.54, 1.807) is 11.3 Å². The van der Waals surface area contributed by atoms with Gasteiger partial charge in [0.2, 0.25) is 0 Å². The van der Waals surface area contributed by atoms with Crippen LogP contribution in [0.3, 0.4) is 0 Å². The van der Waals surface area contributed by atoms with Gasteiger partial charge in [0.25, 0.3) is 0 Å². The second-order valence-electron chi connectivity index (χ2n) is 7.26. The van der Waals surface area contributed by atoms with Crippen molar-refractivity contribution in [3.05, 3.63) is 22.4 Å². The van der Waals surface area contributed by atoms with Crippen LogP contribution in [-0.4, -0.2) is 47.5 Å². The maximum atomic E-state index is 12.5. The number of rotatable bonds is 8. The molecule has 2 amide bonds. The summed E-state index contributed by atoms with van der Waals surface area (Å²) in [5.74, 6) is 0. The fourth-order valence-corrected chi connectivity index (χ4v) is 4.25. The van der Waals surface area contributed by atoms with E-state index in [2.05, 4.69) is 34.7 Å². The summed E-state index contributed by atoms with van der Waals surface area (Å²) in [4.78, 5) is 18.4. The van der Waals surface area contributed by atoms with Crippen LogP contribution >= 0.6 is 11.3 Å². The summed E-state index contributed by atoms with van der Waals surface area (Å²) in [6.07, 6.45) is 8.65. The van der Waals surface area contributed by atoms with Crippen molar-refractivity contribution in [3.63, 3.8) is 0 Å². The SMILES string of the molecule is CC1CCCCN1CCCCNC(=O)N(Cc1cccs1)C1CC1. The number of thiophene rings is 1. The van der Waals surface area contributed by atoms with Crippen LogP contribution in [0.15, 0.2) is 17.5 Å². The molecule has 0 aromatic carbocycles. The van der Waals surface area contributed by atoms with Crippen LogP contribution in [-0.2, 0) is 6.54 Å². The molecule has 1 unspecified atom stereocenters. The van der Waals surface area contributed by atoms with Crippen molar-refractivity contribution in [2.75, 3.05) is 19.6 Å². The van der Waals surface area contributed by atoms with Crippen molar-refractivity contribution < 1.29 is 4.79 Å². The molecule has 5 heteroatoms. The van der Waals surface area contributed by atoms with Crippen LogP contribution in [0, 0.1) is 0 Å². The Morgan fingerprint density at radius 3 is 2.92 bits per heavy atom. The highest BCUT2D eigenvalue weighted by Crippen LogP contribution is 2.29. The zero-order valence-corrected chi connectivity index (χ0v) is 15.7. The molecule has 2 fully saturated rings. The van der Waals surface area contributed by atoms with E-state index < -0.39 is 0 Å². The summed E-state index contributed by atoms with van der Waals surface area (Å²) >= 11 is 1.73. The minimum Gasteiger partial charge on any atom is -0.338 e.